The first-order chi connectivity index (χ1) is 7.72. The molecule has 0 saturated heterocycles. The SMILES string of the molecule is OCc1ccnc(-c2ccc(F)cc2)c1Cl. The molecule has 1 N–H and O–H groups in total. The average molecular weight is 238 g/mol. The lowest BCUT2D eigenvalue weighted by Crippen LogP contribution is -1.91. The minimum atomic E-state index is -0.307. The lowest BCUT2D eigenvalue weighted by molar-refractivity contribution is 0.282. The Morgan fingerprint density at radius 2 is 1.88 bits per heavy atom. The van der Waals surface area contributed by atoms with E-state index in [2.05, 4.69) is 4.98 Å². The van der Waals surface area contributed by atoms with E-state index < -0.39 is 0 Å². The van der Waals surface area contributed by atoms with Crippen molar-refractivity contribution in [2.45, 2.75) is 6.61 Å². The second kappa shape index (κ2) is 4.60. The second-order valence-corrected chi connectivity index (χ2v) is 3.68. The van der Waals surface area contributed by atoms with E-state index >= 15 is 0 Å². The minimum Gasteiger partial charge on any atom is -0.392 e. The molecule has 0 saturated carbocycles. The van der Waals surface area contributed by atoms with Crippen molar-refractivity contribution in [3.05, 3.63) is 52.9 Å². The summed E-state index contributed by atoms with van der Waals surface area (Å²) in [5.74, 6) is -0.307. The summed E-state index contributed by atoms with van der Waals surface area (Å²) in [5, 5.41) is 9.46. The maximum atomic E-state index is 12.8. The summed E-state index contributed by atoms with van der Waals surface area (Å²) in [5.41, 5.74) is 1.88. The van der Waals surface area contributed by atoms with Gasteiger partial charge in [-0.3, -0.25) is 4.98 Å². The standard InChI is InChI=1S/C12H9ClFNO/c13-11-9(7-16)5-6-15-12(11)8-1-3-10(14)4-2-8/h1-6,16H,7H2. The van der Waals surface area contributed by atoms with Crippen LogP contribution in [0, 0.1) is 5.82 Å². The molecule has 16 heavy (non-hydrogen) atoms. The van der Waals surface area contributed by atoms with Crippen LogP contribution < -0.4 is 0 Å². The Labute approximate surface area is 97.3 Å². The number of nitrogens with zero attached hydrogens (tertiary/aromatic N) is 1. The van der Waals surface area contributed by atoms with E-state index in [9.17, 15) is 4.39 Å². The molecule has 0 aliphatic heterocycles. The number of aliphatic hydroxyl groups excluding tert-OH is 1. The third-order valence-electron chi connectivity index (χ3n) is 2.26. The van der Waals surface area contributed by atoms with E-state index in [0.717, 1.165) is 5.56 Å². The van der Waals surface area contributed by atoms with Gasteiger partial charge >= 0.3 is 0 Å². The number of benzene rings is 1. The predicted octanol–water partition coefficient (Wildman–Crippen LogP) is 3.03. The van der Waals surface area contributed by atoms with Gasteiger partial charge in [-0.25, -0.2) is 4.39 Å². The summed E-state index contributed by atoms with van der Waals surface area (Å²) in [6, 6.07) is 7.54. The van der Waals surface area contributed by atoms with Gasteiger partial charge in [0.2, 0.25) is 0 Å². The Hall–Kier alpha value is -1.45. The molecule has 1 heterocycles. The minimum absolute atomic E-state index is 0.143. The smallest absolute Gasteiger partial charge is 0.123 e. The van der Waals surface area contributed by atoms with E-state index in [1.54, 1.807) is 24.4 Å². The van der Waals surface area contributed by atoms with E-state index in [4.69, 9.17) is 16.7 Å². The fourth-order valence-corrected chi connectivity index (χ4v) is 1.70. The molecule has 2 nitrogen and oxygen atoms in total. The Balaban J connectivity index is 2.51. The van der Waals surface area contributed by atoms with E-state index in [1.165, 1.54) is 12.1 Å². The van der Waals surface area contributed by atoms with Gasteiger partial charge in [0.05, 0.1) is 17.3 Å². The first-order valence-corrected chi connectivity index (χ1v) is 5.10. The van der Waals surface area contributed by atoms with Crippen LogP contribution in [0.15, 0.2) is 36.5 Å². The Kier molecular flexibility index (Phi) is 3.17. The van der Waals surface area contributed by atoms with Crippen LogP contribution in [-0.2, 0) is 6.61 Å². The van der Waals surface area contributed by atoms with Crippen LogP contribution in [0.3, 0.4) is 0 Å². The van der Waals surface area contributed by atoms with Gasteiger partial charge in [-0.1, -0.05) is 11.6 Å². The van der Waals surface area contributed by atoms with Gasteiger partial charge in [-0.15, -0.1) is 0 Å². The molecular formula is C12H9ClFNO. The van der Waals surface area contributed by atoms with Crippen molar-refractivity contribution in [3.8, 4) is 11.3 Å². The number of halogens is 2. The summed E-state index contributed by atoms with van der Waals surface area (Å²) in [6.45, 7) is -0.143. The first-order valence-electron chi connectivity index (χ1n) is 4.72. The Bertz CT molecular complexity index is 499. The fourth-order valence-electron chi connectivity index (χ4n) is 1.41. The lowest BCUT2D eigenvalue weighted by atomic mass is 10.1. The number of aromatic nitrogens is 1. The van der Waals surface area contributed by atoms with Crippen molar-refractivity contribution in [1.29, 1.82) is 0 Å². The molecule has 0 unspecified atom stereocenters. The van der Waals surface area contributed by atoms with Crippen LogP contribution in [0.1, 0.15) is 5.56 Å². The highest BCUT2D eigenvalue weighted by atomic mass is 35.5. The maximum absolute atomic E-state index is 12.8. The Morgan fingerprint density at radius 1 is 1.19 bits per heavy atom. The molecule has 0 amide bonds. The van der Waals surface area contributed by atoms with Crippen LogP contribution in [0.25, 0.3) is 11.3 Å². The van der Waals surface area contributed by atoms with Crippen LogP contribution >= 0.6 is 11.6 Å². The molecule has 0 aliphatic carbocycles. The largest absolute Gasteiger partial charge is 0.392 e. The highest BCUT2D eigenvalue weighted by Crippen LogP contribution is 2.28. The molecule has 2 rings (SSSR count). The zero-order valence-electron chi connectivity index (χ0n) is 8.32. The van der Waals surface area contributed by atoms with Crippen LogP contribution in [0.2, 0.25) is 5.02 Å². The normalized spacial score (nSPS) is 10.4. The predicted molar refractivity (Wildman–Crippen MR) is 60.6 cm³/mol. The van der Waals surface area contributed by atoms with Crippen molar-refractivity contribution in [3.63, 3.8) is 0 Å². The molecule has 4 heteroatoms. The summed E-state index contributed by atoms with van der Waals surface area (Å²) < 4.78 is 12.8. The van der Waals surface area contributed by atoms with E-state index in [-0.39, 0.29) is 12.4 Å². The molecule has 0 aliphatic rings. The van der Waals surface area contributed by atoms with Crippen molar-refractivity contribution in [2.75, 3.05) is 0 Å². The third-order valence-corrected chi connectivity index (χ3v) is 2.68. The first kappa shape index (κ1) is 11.0. The molecule has 0 bridgehead atoms. The summed E-state index contributed by atoms with van der Waals surface area (Å²) in [7, 11) is 0. The van der Waals surface area contributed by atoms with Crippen molar-refractivity contribution in [2.24, 2.45) is 0 Å². The number of pyridine rings is 1. The van der Waals surface area contributed by atoms with Crippen LogP contribution in [0.4, 0.5) is 4.39 Å². The monoisotopic (exact) mass is 237 g/mol. The fraction of sp³-hybridized carbons (Fsp3) is 0.0833. The van der Waals surface area contributed by atoms with E-state index in [1.807, 2.05) is 0 Å². The Morgan fingerprint density at radius 3 is 2.50 bits per heavy atom. The van der Waals surface area contributed by atoms with Gasteiger partial charge in [-0.2, -0.15) is 0 Å². The lowest BCUT2D eigenvalue weighted by Gasteiger charge is -2.06. The zero-order valence-corrected chi connectivity index (χ0v) is 9.08. The van der Waals surface area contributed by atoms with E-state index in [0.29, 0.717) is 16.3 Å². The number of rotatable bonds is 2. The van der Waals surface area contributed by atoms with Crippen LogP contribution in [0.5, 0.6) is 0 Å². The molecule has 0 fully saturated rings. The number of aliphatic hydroxyl groups is 1. The van der Waals surface area contributed by atoms with Crippen molar-refractivity contribution >= 4 is 11.6 Å². The summed E-state index contributed by atoms with van der Waals surface area (Å²) >= 11 is 6.07. The van der Waals surface area contributed by atoms with Crippen molar-refractivity contribution < 1.29 is 9.50 Å². The van der Waals surface area contributed by atoms with Crippen molar-refractivity contribution in [1.82, 2.24) is 4.98 Å². The maximum Gasteiger partial charge on any atom is 0.123 e. The number of hydrogen-bond donors (Lipinski definition) is 1. The molecule has 82 valence electrons. The summed E-state index contributed by atoms with van der Waals surface area (Å²) in [6.07, 6.45) is 1.57. The van der Waals surface area contributed by atoms with Gasteiger partial charge < -0.3 is 5.11 Å². The van der Waals surface area contributed by atoms with Gasteiger partial charge in [0.25, 0.3) is 0 Å². The molecular weight excluding hydrogens is 229 g/mol. The van der Waals surface area contributed by atoms with Gasteiger partial charge in [0.1, 0.15) is 5.82 Å². The molecule has 1 aromatic heterocycles. The zero-order chi connectivity index (χ0) is 11.5. The average Bonchev–Trinajstić information content (AvgIpc) is 2.31. The van der Waals surface area contributed by atoms with Gasteiger partial charge in [0.15, 0.2) is 0 Å². The second-order valence-electron chi connectivity index (χ2n) is 3.30. The molecule has 0 spiro atoms. The van der Waals surface area contributed by atoms with Gasteiger partial charge in [0, 0.05) is 11.8 Å². The topological polar surface area (TPSA) is 33.1 Å². The third kappa shape index (κ3) is 2.05. The van der Waals surface area contributed by atoms with Crippen LogP contribution in [-0.4, -0.2) is 10.1 Å². The van der Waals surface area contributed by atoms with Gasteiger partial charge in [-0.05, 0) is 35.9 Å². The highest BCUT2D eigenvalue weighted by molar-refractivity contribution is 6.33. The number of hydrogen-bond acceptors (Lipinski definition) is 2. The highest BCUT2D eigenvalue weighted by Gasteiger charge is 2.08. The quantitative estimate of drug-likeness (QED) is 0.871. The molecule has 0 atom stereocenters. The molecule has 1 aromatic carbocycles. The molecule has 0 radical (unpaired) electrons. The summed E-state index contributed by atoms with van der Waals surface area (Å²) in [4.78, 5) is 4.12. The molecule has 2 aromatic rings.